The zero-order valence-corrected chi connectivity index (χ0v) is 10.9. The molecule has 0 amide bonds. The first kappa shape index (κ1) is 10.6. The van der Waals surface area contributed by atoms with Crippen LogP contribution in [0.25, 0.3) is 0 Å². The van der Waals surface area contributed by atoms with Crippen molar-refractivity contribution in [1.29, 1.82) is 0 Å². The van der Waals surface area contributed by atoms with Gasteiger partial charge in [0.15, 0.2) is 11.6 Å². The van der Waals surface area contributed by atoms with Crippen LogP contribution in [0.15, 0.2) is 24.3 Å². The third-order valence-corrected chi connectivity index (χ3v) is 6.78. The molecule has 0 aromatic heterocycles. The molecule has 6 rings (SSSR count). The Balaban J connectivity index is 1.66. The topological polar surface area (TPSA) is 34.1 Å². The van der Waals surface area contributed by atoms with E-state index in [-0.39, 0.29) is 23.4 Å². The van der Waals surface area contributed by atoms with Crippen LogP contribution in [0.2, 0.25) is 0 Å². The van der Waals surface area contributed by atoms with Gasteiger partial charge in [0.25, 0.3) is 0 Å². The van der Waals surface area contributed by atoms with E-state index in [1.807, 2.05) is 0 Å². The van der Waals surface area contributed by atoms with Gasteiger partial charge >= 0.3 is 0 Å². The highest BCUT2D eigenvalue weighted by Gasteiger charge is 2.63. The quantitative estimate of drug-likeness (QED) is 0.622. The average Bonchev–Trinajstić information content (AvgIpc) is 3.05. The number of hydrogen-bond donors (Lipinski definition) is 0. The van der Waals surface area contributed by atoms with Crippen molar-refractivity contribution in [2.24, 2.45) is 47.3 Å². The van der Waals surface area contributed by atoms with Crippen molar-refractivity contribution in [3.63, 3.8) is 0 Å². The second-order valence-electron chi connectivity index (χ2n) is 7.22. The SMILES string of the molecule is O=C1C=CC(=O)[C@H]2[C@H]3C=C[C@@H]([C@@H]12)[C@@H]1[C@@H]2CC[C@@H](C2)[C@H]31. The lowest BCUT2D eigenvalue weighted by atomic mass is 9.48. The fraction of sp³-hybridized carbons (Fsp3) is 0.647. The number of ketones is 2. The minimum atomic E-state index is -0.0203. The van der Waals surface area contributed by atoms with E-state index >= 15 is 0 Å². The summed E-state index contributed by atoms with van der Waals surface area (Å²) in [7, 11) is 0. The number of rotatable bonds is 0. The highest BCUT2D eigenvalue weighted by molar-refractivity contribution is 6.08. The lowest BCUT2D eigenvalue weighted by Crippen LogP contribution is -2.55. The largest absolute Gasteiger partial charge is 0.294 e. The first-order chi connectivity index (χ1) is 9.25. The molecular formula is C17H18O2. The van der Waals surface area contributed by atoms with Gasteiger partial charge in [-0.1, -0.05) is 12.2 Å². The van der Waals surface area contributed by atoms with Crippen LogP contribution in [0.1, 0.15) is 19.3 Å². The summed E-state index contributed by atoms with van der Waals surface area (Å²) in [4.78, 5) is 24.6. The molecule has 0 unspecified atom stereocenters. The zero-order chi connectivity index (χ0) is 12.7. The molecule has 3 fully saturated rings. The first-order valence-corrected chi connectivity index (χ1v) is 7.70. The van der Waals surface area contributed by atoms with Crippen LogP contribution in [0, 0.1) is 47.3 Å². The van der Waals surface area contributed by atoms with Crippen molar-refractivity contribution in [3.8, 4) is 0 Å². The van der Waals surface area contributed by atoms with Crippen LogP contribution in [-0.4, -0.2) is 11.6 Å². The zero-order valence-electron chi connectivity index (χ0n) is 10.9. The molecule has 0 radical (unpaired) electrons. The molecule has 19 heavy (non-hydrogen) atoms. The molecular weight excluding hydrogens is 236 g/mol. The average molecular weight is 254 g/mol. The fourth-order valence-corrected chi connectivity index (χ4v) is 6.35. The summed E-state index contributed by atoms with van der Waals surface area (Å²) < 4.78 is 0. The Hall–Kier alpha value is -1.18. The molecule has 98 valence electrons. The minimum absolute atomic E-state index is 0.0203. The van der Waals surface area contributed by atoms with Gasteiger partial charge in [0, 0.05) is 11.8 Å². The fourth-order valence-electron chi connectivity index (χ4n) is 6.35. The number of hydrogen-bond acceptors (Lipinski definition) is 2. The summed E-state index contributed by atoms with van der Waals surface area (Å²) in [6.07, 6.45) is 11.7. The van der Waals surface area contributed by atoms with Gasteiger partial charge in [-0.3, -0.25) is 9.59 Å². The van der Waals surface area contributed by atoms with E-state index in [1.54, 1.807) is 12.2 Å². The Morgan fingerprint density at radius 2 is 1.26 bits per heavy atom. The van der Waals surface area contributed by atoms with E-state index in [9.17, 15) is 9.59 Å². The maximum Gasteiger partial charge on any atom is 0.160 e. The van der Waals surface area contributed by atoms with Crippen LogP contribution in [0.5, 0.6) is 0 Å². The van der Waals surface area contributed by atoms with Crippen LogP contribution < -0.4 is 0 Å². The Morgan fingerprint density at radius 1 is 0.789 bits per heavy atom. The van der Waals surface area contributed by atoms with E-state index in [0.717, 1.165) is 11.8 Å². The summed E-state index contributed by atoms with van der Waals surface area (Å²) in [5.41, 5.74) is 0. The molecule has 8 atom stereocenters. The maximum atomic E-state index is 12.3. The van der Waals surface area contributed by atoms with Crippen molar-refractivity contribution >= 4 is 11.6 Å². The predicted molar refractivity (Wildman–Crippen MR) is 70.1 cm³/mol. The van der Waals surface area contributed by atoms with E-state index in [1.165, 1.54) is 19.3 Å². The third-order valence-electron chi connectivity index (χ3n) is 6.78. The predicted octanol–water partition coefficient (Wildman–Crippen LogP) is 2.40. The summed E-state index contributed by atoms with van der Waals surface area (Å²) in [6, 6.07) is 0. The molecule has 0 aromatic carbocycles. The molecule has 4 bridgehead atoms. The van der Waals surface area contributed by atoms with Crippen molar-refractivity contribution < 1.29 is 9.59 Å². The minimum Gasteiger partial charge on any atom is -0.294 e. The Morgan fingerprint density at radius 3 is 1.74 bits per heavy atom. The highest BCUT2D eigenvalue weighted by atomic mass is 16.1. The van der Waals surface area contributed by atoms with Crippen molar-refractivity contribution in [1.82, 2.24) is 0 Å². The summed E-state index contributed by atoms with van der Waals surface area (Å²) in [5.74, 6) is 4.19. The number of carbonyl (C=O) groups is 2. The Bertz CT molecular complexity index is 497. The van der Waals surface area contributed by atoms with Gasteiger partial charge in [0.1, 0.15) is 0 Å². The van der Waals surface area contributed by atoms with Crippen LogP contribution >= 0.6 is 0 Å². The number of allylic oxidation sites excluding steroid dienone is 4. The standard InChI is InChI=1S/C17H18O2/c18-12-5-6-13(19)17-11-4-3-10(16(12)17)14-8-1-2-9(7-8)15(11)14/h3-6,8-11,14-17H,1-2,7H2/t8-,9+,10-,11+,14+,15-,16+,17-. The van der Waals surface area contributed by atoms with E-state index in [0.29, 0.717) is 23.7 Å². The molecule has 0 N–H and O–H groups in total. The Kier molecular flexibility index (Phi) is 1.83. The normalized spacial score (nSPS) is 56.6. The summed E-state index contributed by atoms with van der Waals surface area (Å²) in [5, 5.41) is 0. The van der Waals surface area contributed by atoms with Gasteiger partial charge in [0.2, 0.25) is 0 Å². The van der Waals surface area contributed by atoms with E-state index in [2.05, 4.69) is 12.2 Å². The molecule has 3 saturated carbocycles. The molecule has 0 aliphatic heterocycles. The highest BCUT2D eigenvalue weighted by Crippen LogP contribution is 2.66. The van der Waals surface area contributed by atoms with Gasteiger partial charge in [0.05, 0.1) is 0 Å². The number of carbonyl (C=O) groups excluding carboxylic acids is 2. The van der Waals surface area contributed by atoms with Gasteiger partial charge in [-0.15, -0.1) is 0 Å². The lowest BCUT2D eigenvalue weighted by molar-refractivity contribution is -0.141. The molecule has 0 aromatic rings. The lowest BCUT2D eigenvalue weighted by Gasteiger charge is -2.54. The van der Waals surface area contributed by atoms with E-state index < -0.39 is 0 Å². The van der Waals surface area contributed by atoms with Crippen molar-refractivity contribution in [2.45, 2.75) is 19.3 Å². The van der Waals surface area contributed by atoms with Gasteiger partial charge in [-0.2, -0.15) is 0 Å². The molecule has 0 saturated heterocycles. The second kappa shape index (κ2) is 3.28. The summed E-state index contributed by atoms with van der Waals surface area (Å²) >= 11 is 0. The van der Waals surface area contributed by atoms with Crippen LogP contribution in [0.3, 0.4) is 0 Å². The number of fused-ring (bicyclic) bond motifs is 2. The van der Waals surface area contributed by atoms with Gasteiger partial charge < -0.3 is 0 Å². The van der Waals surface area contributed by atoms with E-state index in [4.69, 9.17) is 0 Å². The Labute approximate surface area is 112 Å². The third kappa shape index (κ3) is 1.11. The van der Waals surface area contributed by atoms with Crippen LogP contribution in [-0.2, 0) is 9.59 Å². The first-order valence-electron chi connectivity index (χ1n) is 7.70. The molecule has 6 aliphatic rings. The molecule has 2 nitrogen and oxygen atoms in total. The van der Waals surface area contributed by atoms with Gasteiger partial charge in [-0.25, -0.2) is 0 Å². The van der Waals surface area contributed by atoms with Crippen LogP contribution in [0.4, 0.5) is 0 Å². The van der Waals surface area contributed by atoms with Crippen molar-refractivity contribution in [2.75, 3.05) is 0 Å². The molecule has 6 aliphatic carbocycles. The monoisotopic (exact) mass is 254 g/mol. The summed E-state index contributed by atoms with van der Waals surface area (Å²) in [6.45, 7) is 0. The molecule has 0 spiro atoms. The molecule has 2 heteroatoms. The van der Waals surface area contributed by atoms with Crippen molar-refractivity contribution in [3.05, 3.63) is 24.3 Å². The smallest absolute Gasteiger partial charge is 0.160 e. The second-order valence-corrected chi connectivity index (χ2v) is 7.22. The van der Waals surface area contributed by atoms with Gasteiger partial charge in [-0.05, 0) is 66.9 Å². The maximum absolute atomic E-state index is 12.3. The molecule has 0 heterocycles.